The number of carbonyl (C=O) groups excluding carboxylic acids is 1. The van der Waals surface area contributed by atoms with Crippen LogP contribution in [-0.4, -0.2) is 10.9 Å². The topological polar surface area (TPSA) is 42.0 Å². The van der Waals surface area contributed by atoms with Gasteiger partial charge in [-0.25, -0.2) is 0 Å². The first kappa shape index (κ1) is 13.1. The van der Waals surface area contributed by atoms with Crippen molar-refractivity contribution in [2.75, 3.05) is 5.32 Å². The van der Waals surface area contributed by atoms with Crippen LogP contribution in [0.5, 0.6) is 0 Å². The highest BCUT2D eigenvalue weighted by Gasteiger charge is 2.11. The van der Waals surface area contributed by atoms with Gasteiger partial charge >= 0.3 is 0 Å². The molecule has 1 N–H and O–H groups in total. The van der Waals surface area contributed by atoms with Gasteiger partial charge in [0.2, 0.25) is 0 Å². The van der Waals surface area contributed by atoms with Gasteiger partial charge in [0.15, 0.2) is 0 Å². The number of benzene rings is 2. The van der Waals surface area contributed by atoms with Gasteiger partial charge in [-0.1, -0.05) is 30.3 Å². The van der Waals surface area contributed by atoms with Gasteiger partial charge in [0.25, 0.3) is 5.91 Å². The van der Waals surface area contributed by atoms with E-state index in [0.717, 1.165) is 20.2 Å². The van der Waals surface area contributed by atoms with Crippen LogP contribution in [-0.2, 0) is 0 Å². The van der Waals surface area contributed by atoms with Gasteiger partial charge in [0.05, 0.1) is 16.8 Å². The molecule has 1 heterocycles. The van der Waals surface area contributed by atoms with Crippen LogP contribution in [0.15, 0.2) is 60.8 Å². The summed E-state index contributed by atoms with van der Waals surface area (Å²) in [5.74, 6) is -0.118. The average Bonchev–Trinajstić information content (AvgIpc) is 2.49. The first-order chi connectivity index (χ1) is 9.75. The van der Waals surface area contributed by atoms with Crippen molar-refractivity contribution in [3.63, 3.8) is 0 Å². The molecule has 0 bridgehead atoms. The first-order valence-corrected chi connectivity index (χ1v) is 7.23. The highest BCUT2D eigenvalue weighted by molar-refractivity contribution is 14.1. The summed E-state index contributed by atoms with van der Waals surface area (Å²) >= 11 is 2.20. The summed E-state index contributed by atoms with van der Waals surface area (Å²) in [5.41, 5.74) is 2.28. The lowest BCUT2D eigenvalue weighted by atomic mass is 10.1. The van der Waals surface area contributed by atoms with Crippen molar-refractivity contribution in [2.24, 2.45) is 0 Å². The van der Waals surface area contributed by atoms with Crippen molar-refractivity contribution in [1.82, 2.24) is 4.98 Å². The van der Waals surface area contributed by atoms with Gasteiger partial charge in [-0.05, 0) is 46.9 Å². The fourth-order valence-corrected chi connectivity index (χ4v) is 2.57. The average molecular weight is 374 g/mol. The van der Waals surface area contributed by atoms with E-state index >= 15 is 0 Å². The van der Waals surface area contributed by atoms with E-state index in [4.69, 9.17) is 0 Å². The molecule has 0 radical (unpaired) electrons. The minimum atomic E-state index is -0.118. The lowest BCUT2D eigenvalue weighted by Gasteiger charge is -2.09. The molecular formula is C16H11IN2O. The molecule has 0 aliphatic heterocycles. The molecule has 2 aromatic carbocycles. The SMILES string of the molecule is O=C(Nc1ccccc1I)c1ccnc2ccccc12. The monoisotopic (exact) mass is 374 g/mol. The Bertz CT molecular complexity index is 781. The molecule has 0 aliphatic carbocycles. The lowest BCUT2D eigenvalue weighted by molar-refractivity contribution is 0.102. The molecule has 98 valence electrons. The molecule has 0 fully saturated rings. The normalized spacial score (nSPS) is 10.4. The maximum absolute atomic E-state index is 12.4. The quantitative estimate of drug-likeness (QED) is 0.687. The second-order valence-corrected chi connectivity index (χ2v) is 5.47. The van der Waals surface area contributed by atoms with Gasteiger partial charge in [-0.3, -0.25) is 9.78 Å². The number of amides is 1. The molecule has 4 heteroatoms. The summed E-state index contributed by atoms with van der Waals surface area (Å²) in [7, 11) is 0. The van der Waals surface area contributed by atoms with E-state index in [1.54, 1.807) is 12.3 Å². The maximum Gasteiger partial charge on any atom is 0.256 e. The number of nitrogens with zero attached hydrogens (tertiary/aromatic N) is 1. The summed E-state index contributed by atoms with van der Waals surface area (Å²) in [6.07, 6.45) is 1.66. The number of pyridine rings is 1. The van der Waals surface area contributed by atoms with E-state index in [2.05, 4.69) is 32.9 Å². The van der Waals surface area contributed by atoms with Crippen molar-refractivity contribution in [2.45, 2.75) is 0 Å². The Balaban J connectivity index is 1.99. The number of nitrogens with one attached hydrogen (secondary N) is 1. The first-order valence-electron chi connectivity index (χ1n) is 6.15. The van der Waals surface area contributed by atoms with Crippen LogP contribution < -0.4 is 5.32 Å². The zero-order chi connectivity index (χ0) is 13.9. The maximum atomic E-state index is 12.4. The Labute approximate surface area is 130 Å². The largest absolute Gasteiger partial charge is 0.321 e. The van der Waals surface area contributed by atoms with E-state index in [9.17, 15) is 4.79 Å². The summed E-state index contributed by atoms with van der Waals surface area (Å²) in [6, 6.07) is 17.1. The van der Waals surface area contributed by atoms with Crippen LogP contribution in [0.1, 0.15) is 10.4 Å². The summed E-state index contributed by atoms with van der Waals surface area (Å²) in [6.45, 7) is 0. The number of para-hydroxylation sites is 2. The Kier molecular flexibility index (Phi) is 3.64. The molecule has 0 unspecified atom stereocenters. The van der Waals surface area contributed by atoms with Crippen molar-refractivity contribution < 1.29 is 4.79 Å². The number of halogens is 1. The molecule has 0 aliphatic rings. The molecule has 0 saturated carbocycles. The fourth-order valence-electron chi connectivity index (χ4n) is 2.05. The zero-order valence-corrected chi connectivity index (χ0v) is 12.7. The van der Waals surface area contributed by atoms with Crippen molar-refractivity contribution in [3.05, 3.63) is 69.9 Å². The van der Waals surface area contributed by atoms with E-state index in [1.807, 2.05) is 48.5 Å². The number of rotatable bonds is 2. The van der Waals surface area contributed by atoms with Crippen LogP contribution in [0, 0.1) is 3.57 Å². The highest BCUT2D eigenvalue weighted by Crippen LogP contribution is 2.20. The van der Waals surface area contributed by atoms with E-state index in [-0.39, 0.29) is 5.91 Å². The molecule has 3 nitrogen and oxygen atoms in total. The second kappa shape index (κ2) is 5.58. The van der Waals surface area contributed by atoms with Crippen LogP contribution in [0.2, 0.25) is 0 Å². The fraction of sp³-hybridized carbons (Fsp3) is 0. The van der Waals surface area contributed by atoms with Crippen LogP contribution in [0.4, 0.5) is 5.69 Å². The molecule has 1 amide bonds. The number of hydrogen-bond donors (Lipinski definition) is 1. The minimum Gasteiger partial charge on any atom is -0.321 e. The summed E-state index contributed by atoms with van der Waals surface area (Å²) < 4.78 is 1.01. The third-order valence-corrected chi connectivity index (χ3v) is 3.96. The summed E-state index contributed by atoms with van der Waals surface area (Å²) in [4.78, 5) is 16.7. The van der Waals surface area contributed by atoms with Gasteiger partial charge in [-0.2, -0.15) is 0 Å². The predicted octanol–water partition coefficient (Wildman–Crippen LogP) is 4.09. The van der Waals surface area contributed by atoms with E-state index < -0.39 is 0 Å². The predicted molar refractivity (Wildman–Crippen MR) is 88.9 cm³/mol. The Morgan fingerprint density at radius 2 is 1.75 bits per heavy atom. The number of anilines is 1. The molecule has 0 spiro atoms. The molecule has 0 atom stereocenters. The van der Waals surface area contributed by atoms with Crippen molar-refractivity contribution >= 4 is 45.1 Å². The Hall–Kier alpha value is -1.95. The molecule has 3 rings (SSSR count). The highest BCUT2D eigenvalue weighted by atomic mass is 127. The van der Waals surface area contributed by atoms with Gasteiger partial charge < -0.3 is 5.32 Å². The lowest BCUT2D eigenvalue weighted by Crippen LogP contribution is -2.13. The third-order valence-electron chi connectivity index (χ3n) is 3.02. The number of aromatic nitrogens is 1. The van der Waals surface area contributed by atoms with E-state index in [0.29, 0.717) is 5.56 Å². The number of fused-ring (bicyclic) bond motifs is 1. The van der Waals surface area contributed by atoms with Crippen LogP contribution in [0.25, 0.3) is 10.9 Å². The second-order valence-electron chi connectivity index (χ2n) is 4.31. The van der Waals surface area contributed by atoms with Crippen LogP contribution >= 0.6 is 22.6 Å². The number of hydrogen-bond acceptors (Lipinski definition) is 2. The van der Waals surface area contributed by atoms with Crippen LogP contribution in [0.3, 0.4) is 0 Å². The molecule has 0 saturated heterocycles. The van der Waals surface area contributed by atoms with E-state index in [1.165, 1.54) is 0 Å². The van der Waals surface area contributed by atoms with Gasteiger partial charge in [0.1, 0.15) is 0 Å². The van der Waals surface area contributed by atoms with Gasteiger partial charge in [0, 0.05) is 15.2 Å². The Morgan fingerprint density at radius 3 is 2.60 bits per heavy atom. The standard InChI is InChI=1S/C16H11IN2O/c17-13-6-2-4-8-15(13)19-16(20)12-9-10-18-14-7-3-1-5-11(12)14/h1-10H,(H,19,20). The minimum absolute atomic E-state index is 0.118. The molecule has 3 aromatic rings. The number of carbonyl (C=O) groups is 1. The van der Waals surface area contributed by atoms with Gasteiger partial charge in [-0.15, -0.1) is 0 Å². The third kappa shape index (κ3) is 2.51. The smallest absolute Gasteiger partial charge is 0.256 e. The Morgan fingerprint density at radius 1 is 1.00 bits per heavy atom. The molecule has 20 heavy (non-hydrogen) atoms. The zero-order valence-electron chi connectivity index (χ0n) is 10.5. The van der Waals surface area contributed by atoms with Crippen molar-refractivity contribution in [1.29, 1.82) is 0 Å². The van der Waals surface area contributed by atoms with Crippen molar-refractivity contribution in [3.8, 4) is 0 Å². The molecule has 1 aromatic heterocycles. The molecular weight excluding hydrogens is 363 g/mol. The summed E-state index contributed by atoms with van der Waals surface area (Å²) in [5, 5.41) is 3.80.